The second-order valence-electron chi connectivity index (χ2n) is 6.17. The van der Waals surface area contributed by atoms with Crippen molar-refractivity contribution in [1.82, 2.24) is 5.06 Å². The SMILES string of the molecule is O=C(ON1C(=O)c2ccccc2C1=O)c1cccc(NC(=O)C2CC2)c1. The molecule has 0 radical (unpaired) electrons. The van der Waals surface area contributed by atoms with E-state index in [0.29, 0.717) is 10.8 Å². The fourth-order valence-corrected chi connectivity index (χ4v) is 2.70. The summed E-state index contributed by atoms with van der Waals surface area (Å²) in [5, 5.41) is 3.19. The van der Waals surface area contributed by atoms with Gasteiger partial charge in [-0.2, -0.15) is 0 Å². The zero-order valence-electron chi connectivity index (χ0n) is 13.6. The van der Waals surface area contributed by atoms with Gasteiger partial charge in [0.2, 0.25) is 5.91 Å². The summed E-state index contributed by atoms with van der Waals surface area (Å²) < 4.78 is 0. The van der Waals surface area contributed by atoms with Crippen molar-refractivity contribution >= 4 is 29.4 Å². The lowest BCUT2D eigenvalue weighted by Crippen LogP contribution is -2.32. The predicted octanol–water partition coefficient (Wildman–Crippen LogP) is 2.40. The van der Waals surface area contributed by atoms with E-state index >= 15 is 0 Å². The van der Waals surface area contributed by atoms with Crippen LogP contribution in [0.3, 0.4) is 0 Å². The quantitative estimate of drug-likeness (QED) is 0.855. The van der Waals surface area contributed by atoms with Crippen LogP contribution in [0.25, 0.3) is 0 Å². The summed E-state index contributed by atoms with van der Waals surface area (Å²) in [6.45, 7) is 0. The predicted molar refractivity (Wildman–Crippen MR) is 90.2 cm³/mol. The van der Waals surface area contributed by atoms with Gasteiger partial charge >= 0.3 is 5.97 Å². The van der Waals surface area contributed by atoms with Crippen molar-refractivity contribution in [3.05, 3.63) is 65.2 Å². The lowest BCUT2D eigenvalue weighted by molar-refractivity contribution is -0.117. The van der Waals surface area contributed by atoms with Crippen molar-refractivity contribution in [3.8, 4) is 0 Å². The molecule has 0 bridgehead atoms. The van der Waals surface area contributed by atoms with Gasteiger partial charge < -0.3 is 10.2 Å². The van der Waals surface area contributed by atoms with E-state index in [0.717, 1.165) is 12.8 Å². The van der Waals surface area contributed by atoms with E-state index in [1.165, 1.54) is 24.3 Å². The minimum absolute atomic E-state index is 0.0314. The molecule has 0 aromatic heterocycles. The van der Waals surface area contributed by atoms with Crippen molar-refractivity contribution < 1.29 is 24.0 Å². The first-order valence-electron chi connectivity index (χ1n) is 8.15. The summed E-state index contributed by atoms with van der Waals surface area (Å²) in [6.07, 6.45) is 1.74. The number of carbonyl (C=O) groups excluding carboxylic acids is 4. The van der Waals surface area contributed by atoms with E-state index in [4.69, 9.17) is 4.84 Å². The van der Waals surface area contributed by atoms with Gasteiger partial charge in [-0.1, -0.05) is 23.3 Å². The summed E-state index contributed by atoms with van der Waals surface area (Å²) in [7, 11) is 0. The van der Waals surface area contributed by atoms with Gasteiger partial charge in [0, 0.05) is 11.6 Å². The van der Waals surface area contributed by atoms with E-state index in [2.05, 4.69) is 5.32 Å². The summed E-state index contributed by atoms with van der Waals surface area (Å²) >= 11 is 0. The lowest BCUT2D eigenvalue weighted by Gasteiger charge is -2.13. The first-order chi connectivity index (χ1) is 12.5. The highest BCUT2D eigenvalue weighted by atomic mass is 16.7. The first-order valence-corrected chi connectivity index (χ1v) is 8.15. The molecule has 7 heteroatoms. The number of fused-ring (bicyclic) bond motifs is 1. The molecule has 0 unspecified atom stereocenters. The Balaban J connectivity index is 1.49. The normalized spacial score (nSPS) is 15.6. The van der Waals surface area contributed by atoms with Crippen LogP contribution in [0.2, 0.25) is 0 Å². The zero-order chi connectivity index (χ0) is 18.3. The molecule has 1 heterocycles. The topological polar surface area (TPSA) is 92.8 Å². The molecule has 2 aliphatic rings. The summed E-state index contributed by atoms with van der Waals surface area (Å²) in [5.41, 5.74) is 0.959. The minimum atomic E-state index is -0.859. The van der Waals surface area contributed by atoms with Gasteiger partial charge in [-0.3, -0.25) is 14.4 Å². The third kappa shape index (κ3) is 2.83. The Morgan fingerprint density at radius 3 is 2.23 bits per heavy atom. The maximum absolute atomic E-state index is 12.3. The van der Waals surface area contributed by atoms with Crippen molar-refractivity contribution in [2.45, 2.75) is 12.8 Å². The van der Waals surface area contributed by atoms with Crippen molar-refractivity contribution in [2.75, 3.05) is 5.32 Å². The average molecular weight is 350 g/mol. The fraction of sp³-hybridized carbons (Fsp3) is 0.158. The molecule has 1 aliphatic heterocycles. The number of hydroxylamine groups is 2. The van der Waals surface area contributed by atoms with Crippen LogP contribution in [0.15, 0.2) is 48.5 Å². The zero-order valence-corrected chi connectivity index (χ0v) is 13.6. The smallest absolute Gasteiger partial charge is 0.326 e. The summed E-state index contributed by atoms with van der Waals surface area (Å²) in [6, 6.07) is 12.4. The second-order valence-corrected chi connectivity index (χ2v) is 6.17. The fourth-order valence-electron chi connectivity index (χ4n) is 2.70. The van der Waals surface area contributed by atoms with Crippen LogP contribution in [0, 0.1) is 5.92 Å². The Labute approximate surface area is 148 Å². The summed E-state index contributed by atoms with van der Waals surface area (Å²) in [4.78, 5) is 53.7. The van der Waals surface area contributed by atoms with Crippen molar-refractivity contribution in [1.29, 1.82) is 0 Å². The molecule has 4 rings (SSSR count). The van der Waals surface area contributed by atoms with Crippen molar-refractivity contribution in [3.63, 3.8) is 0 Å². The summed E-state index contributed by atoms with van der Waals surface area (Å²) in [5.74, 6) is -2.28. The van der Waals surface area contributed by atoms with Crippen molar-refractivity contribution in [2.24, 2.45) is 5.92 Å². The van der Waals surface area contributed by atoms with Crippen LogP contribution in [-0.2, 0) is 9.63 Å². The van der Waals surface area contributed by atoms with Gasteiger partial charge in [-0.15, -0.1) is 0 Å². The van der Waals surface area contributed by atoms with E-state index in [1.54, 1.807) is 24.3 Å². The number of carbonyl (C=O) groups is 4. The van der Waals surface area contributed by atoms with Gasteiger partial charge in [0.25, 0.3) is 11.8 Å². The van der Waals surface area contributed by atoms with Crippen LogP contribution in [0.1, 0.15) is 43.9 Å². The molecular weight excluding hydrogens is 336 g/mol. The first kappa shape index (κ1) is 16.0. The maximum atomic E-state index is 12.3. The molecule has 26 heavy (non-hydrogen) atoms. The van der Waals surface area contributed by atoms with Gasteiger partial charge in [0.05, 0.1) is 16.7 Å². The number of anilines is 1. The van der Waals surface area contributed by atoms with Crippen LogP contribution < -0.4 is 5.32 Å². The van der Waals surface area contributed by atoms with E-state index in [9.17, 15) is 19.2 Å². The van der Waals surface area contributed by atoms with E-state index in [1.807, 2.05) is 0 Å². The highest BCUT2D eigenvalue weighted by Crippen LogP contribution is 2.30. The molecule has 1 aliphatic carbocycles. The Morgan fingerprint density at radius 2 is 1.62 bits per heavy atom. The third-order valence-electron chi connectivity index (χ3n) is 4.24. The van der Waals surface area contributed by atoms with Crippen LogP contribution in [0.5, 0.6) is 0 Å². The lowest BCUT2D eigenvalue weighted by atomic mass is 10.1. The Morgan fingerprint density at radius 1 is 0.962 bits per heavy atom. The van der Waals surface area contributed by atoms with Crippen LogP contribution >= 0.6 is 0 Å². The van der Waals surface area contributed by atoms with Gasteiger partial charge in [0.1, 0.15) is 0 Å². The molecular formula is C19H14N2O5. The molecule has 2 aromatic carbocycles. The molecule has 7 nitrogen and oxygen atoms in total. The van der Waals surface area contributed by atoms with Gasteiger partial charge in [0.15, 0.2) is 0 Å². The maximum Gasteiger partial charge on any atom is 0.364 e. The standard InChI is InChI=1S/C19H14N2O5/c22-16(11-8-9-11)20-13-5-3-4-12(10-13)19(25)26-21-17(23)14-6-1-2-7-15(14)18(21)24/h1-7,10-11H,8-9H2,(H,20,22). The molecule has 2 aromatic rings. The van der Waals surface area contributed by atoms with Crippen LogP contribution in [-0.4, -0.2) is 28.8 Å². The molecule has 1 N–H and O–H groups in total. The number of amides is 3. The average Bonchev–Trinajstić information content (AvgIpc) is 3.47. The molecule has 1 fully saturated rings. The number of nitrogens with one attached hydrogen (secondary N) is 1. The van der Waals surface area contributed by atoms with E-state index in [-0.39, 0.29) is 28.5 Å². The Kier molecular flexibility index (Phi) is 3.76. The number of imide groups is 1. The molecule has 0 spiro atoms. The highest BCUT2D eigenvalue weighted by Gasteiger charge is 2.38. The second kappa shape index (κ2) is 6.11. The molecule has 130 valence electrons. The van der Waals surface area contributed by atoms with Gasteiger partial charge in [-0.05, 0) is 43.2 Å². The molecule has 0 saturated heterocycles. The number of hydrogen-bond donors (Lipinski definition) is 1. The Bertz CT molecular complexity index is 913. The third-order valence-corrected chi connectivity index (χ3v) is 4.24. The number of benzene rings is 2. The monoisotopic (exact) mass is 350 g/mol. The van der Waals surface area contributed by atoms with Crippen LogP contribution in [0.4, 0.5) is 5.69 Å². The minimum Gasteiger partial charge on any atom is -0.326 e. The Hall–Kier alpha value is -3.48. The molecule has 3 amide bonds. The molecule has 1 saturated carbocycles. The number of nitrogens with zero attached hydrogens (tertiary/aromatic N) is 1. The number of hydrogen-bond acceptors (Lipinski definition) is 5. The van der Waals surface area contributed by atoms with Gasteiger partial charge in [-0.25, -0.2) is 4.79 Å². The number of rotatable bonds is 4. The highest BCUT2D eigenvalue weighted by molar-refractivity contribution is 6.21. The largest absolute Gasteiger partial charge is 0.364 e. The van der Waals surface area contributed by atoms with E-state index < -0.39 is 17.8 Å². The molecule has 0 atom stereocenters.